The molecule has 0 radical (unpaired) electrons. The first-order valence-corrected chi connectivity index (χ1v) is 7.68. The van der Waals surface area contributed by atoms with Crippen molar-refractivity contribution in [1.82, 2.24) is 14.5 Å². The van der Waals surface area contributed by atoms with Crippen molar-refractivity contribution in [2.75, 3.05) is 13.1 Å². The molecule has 3 rings (SSSR count). The van der Waals surface area contributed by atoms with Gasteiger partial charge in [0.05, 0.1) is 11.0 Å². The smallest absolute Gasteiger partial charge is 0.191 e. The molecule has 0 atom stereocenters. The molecule has 0 aliphatic carbocycles. The van der Waals surface area contributed by atoms with Crippen LogP contribution in [0.15, 0.2) is 27.7 Å². The minimum Gasteiger partial charge on any atom is -0.370 e. The third-order valence-electron chi connectivity index (χ3n) is 3.67. The van der Waals surface area contributed by atoms with Crippen LogP contribution >= 0.6 is 15.9 Å². The van der Waals surface area contributed by atoms with Gasteiger partial charge < -0.3 is 15.2 Å². The summed E-state index contributed by atoms with van der Waals surface area (Å²) in [6, 6.07) is 6.16. The SMILES string of the molecule is CCn1c(CN=C(N)N2CCC2)nc2cc(Br)ccc21. The van der Waals surface area contributed by atoms with Crippen molar-refractivity contribution in [3.63, 3.8) is 0 Å². The Kier molecular flexibility index (Phi) is 3.65. The maximum atomic E-state index is 5.97. The van der Waals surface area contributed by atoms with E-state index in [4.69, 9.17) is 5.73 Å². The maximum Gasteiger partial charge on any atom is 0.191 e. The molecule has 0 unspecified atom stereocenters. The molecule has 5 nitrogen and oxygen atoms in total. The molecule has 0 amide bonds. The number of aromatic nitrogens is 2. The van der Waals surface area contributed by atoms with Gasteiger partial charge in [0.1, 0.15) is 12.4 Å². The minimum atomic E-state index is 0.530. The maximum absolute atomic E-state index is 5.97. The van der Waals surface area contributed by atoms with Crippen LogP contribution < -0.4 is 5.73 Å². The van der Waals surface area contributed by atoms with Gasteiger partial charge in [-0.05, 0) is 31.5 Å². The van der Waals surface area contributed by atoms with E-state index in [9.17, 15) is 0 Å². The number of benzene rings is 1. The molecular formula is C14H18BrN5. The predicted molar refractivity (Wildman–Crippen MR) is 84.6 cm³/mol. The van der Waals surface area contributed by atoms with Crippen LogP contribution in [-0.2, 0) is 13.1 Å². The van der Waals surface area contributed by atoms with Crippen molar-refractivity contribution in [1.29, 1.82) is 0 Å². The molecule has 2 aromatic rings. The van der Waals surface area contributed by atoms with E-state index in [0.717, 1.165) is 41.0 Å². The van der Waals surface area contributed by atoms with Crippen LogP contribution in [0.3, 0.4) is 0 Å². The summed E-state index contributed by atoms with van der Waals surface area (Å²) in [6.45, 7) is 5.57. The Morgan fingerprint density at radius 2 is 2.25 bits per heavy atom. The van der Waals surface area contributed by atoms with Gasteiger partial charge in [-0.15, -0.1) is 0 Å². The van der Waals surface area contributed by atoms with E-state index in [0.29, 0.717) is 12.5 Å². The van der Waals surface area contributed by atoms with Crippen LogP contribution in [0.5, 0.6) is 0 Å². The standard InChI is InChI=1S/C14H18BrN5/c1-2-20-12-5-4-10(15)8-11(12)18-13(20)9-17-14(16)19-6-3-7-19/h4-5,8H,2-3,6-7,9H2,1H3,(H2,16,17). The summed E-state index contributed by atoms with van der Waals surface area (Å²) in [5, 5.41) is 0. The molecule has 1 fully saturated rings. The Balaban J connectivity index is 1.90. The van der Waals surface area contributed by atoms with Crippen LogP contribution in [0.2, 0.25) is 0 Å². The summed E-state index contributed by atoms with van der Waals surface area (Å²) in [5.41, 5.74) is 8.10. The highest BCUT2D eigenvalue weighted by atomic mass is 79.9. The molecule has 0 bridgehead atoms. The van der Waals surface area contributed by atoms with E-state index >= 15 is 0 Å². The molecule has 1 aromatic heterocycles. The van der Waals surface area contributed by atoms with Crippen molar-refractivity contribution in [2.45, 2.75) is 26.4 Å². The van der Waals surface area contributed by atoms with E-state index in [-0.39, 0.29) is 0 Å². The van der Waals surface area contributed by atoms with Crippen LogP contribution in [0.4, 0.5) is 0 Å². The van der Waals surface area contributed by atoms with Gasteiger partial charge in [0.15, 0.2) is 5.96 Å². The van der Waals surface area contributed by atoms with Crippen molar-refractivity contribution >= 4 is 32.9 Å². The molecule has 20 heavy (non-hydrogen) atoms. The average Bonchev–Trinajstić information content (AvgIpc) is 2.70. The minimum absolute atomic E-state index is 0.530. The van der Waals surface area contributed by atoms with E-state index in [1.807, 2.05) is 12.1 Å². The average molecular weight is 336 g/mol. The number of aliphatic imine (C=N–C) groups is 1. The summed E-state index contributed by atoms with van der Waals surface area (Å²) < 4.78 is 3.23. The number of halogens is 1. The van der Waals surface area contributed by atoms with Crippen LogP contribution in [0.25, 0.3) is 11.0 Å². The molecule has 106 valence electrons. The highest BCUT2D eigenvalue weighted by Gasteiger charge is 2.16. The number of aryl methyl sites for hydroxylation is 1. The van der Waals surface area contributed by atoms with E-state index in [1.54, 1.807) is 0 Å². The van der Waals surface area contributed by atoms with Crippen molar-refractivity contribution in [3.05, 3.63) is 28.5 Å². The first-order chi connectivity index (χ1) is 9.69. The second-order valence-corrected chi connectivity index (χ2v) is 5.84. The topological polar surface area (TPSA) is 59.4 Å². The lowest BCUT2D eigenvalue weighted by atomic mass is 10.2. The number of fused-ring (bicyclic) bond motifs is 1. The Hall–Kier alpha value is -1.56. The lowest BCUT2D eigenvalue weighted by Gasteiger charge is -2.31. The summed E-state index contributed by atoms with van der Waals surface area (Å²) in [5.74, 6) is 1.59. The number of likely N-dealkylation sites (tertiary alicyclic amines) is 1. The first kappa shape index (κ1) is 13.4. The molecule has 6 heteroatoms. The summed E-state index contributed by atoms with van der Waals surface area (Å²) in [6.07, 6.45) is 1.21. The fourth-order valence-corrected chi connectivity index (χ4v) is 2.77. The zero-order valence-electron chi connectivity index (χ0n) is 11.5. The molecule has 0 saturated carbocycles. The van der Waals surface area contributed by atoms with Crippen molar-refractivity contribution in [3.8, 4) is 0 Å². The predicted octanol–water partition coefficient (Wildman–Crippen LogP) is 2.34. The Morgan fingerprint density at radius 1 is 1.45 bits per heavy atom. The van der Waals surface area contributed by atoms with Crippen molar-refractivity contribution < 1.29 is 0 Å². The highest BCUT2D eigenvalue weighted by Crippen LogP contribution is 2.21. The zero-order valence-corrected chi connectivity index (χ0v) is 13.1. The molecule has 2 N–H and O–H groups in total. The fraction of sp³-hybridized carbons (Fsp3) is 0.429. The lowest BCUT2D eigenvalue weighted by molar-refractivity contribution is 0.295. The number of hydrogen-bond donors (Lipinski definition) is 1. The van der Waals surface area contributed by atoms with Gasteiger partial charge in [-0.3, -0.25) is 0 Å². The Bertz CT molecular complexity index is 657. The van der Waals surface area contributed by atoms with Gasteiger partial charge in [-0.2, -0.15) is 0 Å². The zero-order chi connectivity index (χ0) is 14.1. The van der Waals surface area contributed by atoms with Gasteiger partial charge in [-0.25, -0.2) is 9.98 Å². The monoisotopic (exact) mass is 335 g/mol. The first-order valence-electron chi connectivity index (χ1n) is 6.88. The van der Waals surface area contributed by atoms with Gasteiger partial charge >= 0.3 is 0 Å². The van der Waals surface area contributed by atoms with E-state index < -0.39 is 0 Å². The highest BCUT2D eigenvalue weighted by molar-refractivity contribution is 9.10. The van der Waals surface area contributed by atoms with E-state index in [1.165, 1.54) is 6.42 Å². The Morgan fingerprint density at radius 3 is 2.90 bits per heavy atom. The van der Waals surface area contributed by atoms with Crippen LogP contribution in [-0.4, -0.2) is 33.5 Å². The third kappa shape index (κ3) is 2.40. The summed E-state index contributed by atoms with van der Waals surface area (Å²) in [7, 11) is 0. The van der Waals surface area contributed by atoms with Crippen LogP contribution in [0, 0.1) is 0 Å². The molecular weight excluding hydrogens is 318 g/mol. The number of rotatable bonds is 3. The third-order valence-corrected chi connectivity index (χ3v) is 4.16. The molecule has 0 spiro atoms. The second kappa shape index (κ2) is 5.44. The van der Waals surface area contributed by atoms with Gasteiger partial charge in [-0.1, -0.05) is 15.9 Å². The van der Waals surface area contributed by atoms with Gasteiger partial charge in [0.25, 0.3) is 0 Å². The summed E-state index contributed by atoms with van der Waals surface area (Å²) in [4.78, 5) is 11.2. The molecule has 1 saturated heterocycles. The number of guanidine groups is 1. The normalized spacial score (nSPS) is 15.7. The molecule has 1 aromatic carbocycles. The lowest BCUT2D eigenvalue weighted by Crippen LogP contribution is -2.46. The number of nitrogens with two attached hydrogens (primary N) is 1. The molecule has 1 aliphatic heterocycles. The largest absolute Gasteiger partial charge is 0.370 e. The number of hydrogen-bond acceptors (Lipinski definition) is 2. The number of nitrogens with zero attached hydrogens (tertiary/aromatic N) is 4. The van der Waals surface area contributed by atoms with Crippen LogP contribution in [0.1, 0.15) is 19.2 Å². The quantitative estimate of drug-likeness (QED) is 0.691. The number of imidazole rings is 1. The molecule has 2 heterocycles. The molecule has 1 aliphatic rings. The fourth-order valence-electron chi connectivity index (χ4n) is 2.42. The van der Waals surface area contributed by atoms with Gasteiger partial charge in [0, 0.05) is 24.1 Å². The van der Waals surface area contributed by atoms with Crippen molar-refractivity contribution in [2.24, 2.45) is 10.7 Å². The van der Waals surface area contributed by atoms with E-state index in [2.05, 4.69) is 48.4 Å². The Labute approximate surface area is 126 Å². The summed E-state index contributed by atoms with van der Waals surface area (Å²) >= 11 is 3.48. The second-order valence-electron chi connectivity index (χ2n) is 4.92. The van der Waals surface area contributed by atoms with Gasteiger partial charge in [0.2, 0.25) is 0 Å².